The number of hydrogen-bond acceptors (Lipinski definition) is 2. The molecule has 0 bridgehead atoms. The highest BCUT2D eigenvalue weighted by molar-refractivity contribution is 5.86. The standard InChI is InChI=1S/C18H26O2/c1-3-5-6-7-8-9-16-10-12-17(13-11-16)14-15-18(19)20-4-2/h10-15H,3-9H2,1-2H3. The summed E-state index contributed by atoms with van der Waals surface area (Å²) in [6.07, 6.45) is 11.0. The van der Waals surface area contributed by atoms with Gasteiger partial charge in [-0.1, -0.05) is 56.9 Å². The lowest BCUT2D eigenvalue weighted by atomic mass is 10.0. The van der Waals surface area contributed by atoms with E-state index in [1.807, 2.05) is 0 Å². The Morgan fingerprint density at radius 1 is 1.05 bits per heavy atom. The average Bonchev–Trinajstić information content (AvgIpc) is 2.46. The van der Waals surface area contributed by atoms with Crippen LogP contribution in [0.25, 0.3) is 6.08 Å². The Morgan fingerprint density at radius 3 is 2.40 bits per heavy atom. The van der Waals surface area contributed by atoms with Crippen LogP contribution in [0.1, 0.15) is 57.1 Å². The molecule has 2 nitrogen and oxygen atoms in total. The van der Waals surface area contributed by atoms with Gasteiger partial charge in [0.25, 0.3) is 0 Å². The van der Waals surface area contributed by atoms with E-state index in [1.54, 1.807) is 13.0 Å². The van der Waals surface area contributed by atoms with Crippen LogP contribution in [0.2, 0.25) is 0 Å². The Labute approximate surface area is 122 Å². The maximum Gasteiger partial charge on any atom is 0.330 e. The molecule has 0 aliphatic heterocycles. The average molecular weight is 274 g/mol. The minimum atomic E-state index is -0.285. The topological polar surface area (TPSA) is 26.3 Å². The monoisotopic (exact) mass is 274 g/mol. The van der Waals surface area contributed by atoms with Crippen LogP contribution in [0, 0.1) is 0 Å². The van der Waals surface area contributed by atoms with Crippen molar-refractivity contribution in [1.82, 2.24) is 0 Å². The number of rotatable bonds is 9. The zero-order chi connectivity index (χ0) is 14.6. The van der Waals surface area contributed by atoms with Crippen LogP contribution in [-0.2, 0) is 16.0 Å². The van der Waals surface area contributed by atoms with Crippen LogP contribution >= 0.6 is 0 Å². The summed E-state index contributed by atoms with van der Waals surface area (Å²) >= 11 is 0. The van der Waals surface area contributed by atoms with E-state index in [0.29, 0.717) is 6.61 Å². The van der Waals surface area contributed by atoms with Gasteiger partial charge in [-0.15, -0.1) is 0 Å². The zero-order valence-electron chi connectivity index (χ0n) is 12.7. The molecule has 20 heavy (non-hydrogen) atoms. The molecular weight excluding hydrogens is 248 g/mol. The van der Waals surface area contributed by atoms with Gasteiger partial charge >= 0.3 is 5.97 Å². The minimum absolute atomic E-state index is 0.285. The molecule has 0 saturated heterocycles. The van der Waals surface area contributed by atoms with E-state index in [1.165, 1.54) is 43.7 Å². The van der Waals surface area contributed by atoms with E-state index < -0.39 is 0 Å². The molecule has 0 atom stereocenters. The minimum Gasteiger partial charge on any atom is -0.463 e. The number of unbranched alkanes of at least 4 members (excludes halogenated alkanes) is 4. The molecule has 0 N–H and O–H groups in total. The van der Waals surface area contributed by atoms with Gasteiger partial charge in [0.2, 0.25) is 0 Å². The van der Waals surface area contributed by atoms with Gasteiger partial charge in [0.05, 0.1) is 6.61 Å². The molecule has 0 radical (unpaired) electrons. The number of carbonyl (C=O) groups is 1. The number of carbonyl (C=O) groups excluding carboxylic acids is 1. The van der Waals surface area contributed by atoms with Gasteiger partial charge < -0.3 is 4.74 Å². The van der Waals surface area contributed by atoms with E-state index in [9.17, 15) is 4.79 Å². The van der Waals surface area contributed by atoms with Gasteiger partial charge in [0, 0.05) is 6.08 Å². The van der Waals surface area contributed by atoms with Gasteiger partial charge in [0.1, 0.15) is 0 Å². The molecule has 0 fully saturated rings. The van der Waals surface area contributed by atoms with Crippen molar-refractivity contribution in [2.45, 2.75) is 52.4 Å². The Bertz CT molecular complexity index is 404. The predicted molar refractivity (Wildman–Crippen MR) is 84.6 cm³/mol. The molecule has 0 aromatic heterocycles. The number of hydrogen-bond donors (Lipinski definition) is 0. The number of esters is 1. The van der Waals surface area contributed by atoms with Crippen LogP contribution in [0.4, 0.5) is 0 Å². The lowest BCUT2D eigenvalue weighted by Crippen LogP contribution is -1.98. The second-order valence-corrected chi connectivity index (χ2v) is 4.99. The van der Waals surface area contributed by atoms with Crippen molar-refractivity contribution in [2.24, 2.45) is 0 Å². The van der Waals surface area contributed by atoms with Crippen LogP contribution in [0.5, 0.6) is 0 Å². The molecule has 0 heterocycles. The summed E-state index contributed by atoms with van der Waals surface area (Å²) < 4.78 is 4.85. The lowest BCUT2D eigenvalue weighted by molar-refractivity contribution is -0.137. The fourth-order valence-electron chi connectivity index (χ4n) is 2.08. The highest BCUT2D eigenvalue weighted by atomic mass is 16.5. The molecule has 110 valence electrons. The lowest BCUT2D eigenvalue weighted by Gasteiger charge is -2.02. The highest BCUT2D eigenvalue weighted by Gasteiger charge is 1.96. The van der Waals surface area contributed by atoms with Crippen LogP contribution in [0.15, 0.2) is 30.3 Å². The summed E-state index contributed by atoms with van der Waals surface area (Å²) in [5.41, 5.74) is 2.41. The number of ether oxygens (including phenoxy) is 1. The Hall–Kier alpha value is -1.57. The molecule has 1 aromatic rings. The second-order valence-electron chi connectivity index (χ2n) is 4.99. The Kier molecular flexibility index (Phi) is 8.44. The van der Waals surface area contributed by atoms with Gasteiger partial charge in [-0.2, -0.15) is 0 Å². The third-order valence-electron chi connectivity index (χ3n) is 3.25. The molecule has 1 rings (SSSR count). The molecule has 0 aliphatic carbocycles. The third kappa shape index (κ3) is 7.13. The molecule has 0 saturated carbocycles. The van der Waals surface area contributed by atoms with Crippen molar-refractivity contribution in [3.05, 3.63) is 41.5 Å². The van der Waals surface area contributed by atoms with E-state index in [2.05, 4.69) is 31.2 Å². The van der Waals surface area contributed by atoms with Crippen LogP contribution < -0.4 is 0 Å². The summed E-state index contributed by atoms with van der Waals surface area (Å²) in [5.74, 6) is -0.285. The first kappa shape index (κ1) is 16.5. The van der Waals surface area contributed by atoms with E-state index in [0.717, 1.165) is 12.0 Å². The van der Waals surface area contributed by atoms with Crippen molar-refractivity contribution in [2.75, 3.05) is 6.61 Å². The highest BCUT2D eigenvalue weighted by Crippen LogP contribution is 2.11. The fraction of sp³-hybridized carbons (Fsp3) is 0.500. The largest absolute Gasteiger partial charge is 0.463 e. The molecule has 0 amide bonds. The fourth-order valence-corrected chi connectivity index (χ4v) is 2.08. The molecule has 2 heteroatoms. The maximum absolute atomic E-state index is 11.2. The van der Waals surface area contributed by atoms with Crippen molar-refractivity contribution in [3.8, 4) is 0 Å². The van der Waals surface area contributed by atoms with Crippen LogP contribution in [-0.4, -0.2) is 12.6 Å². The predicted octanol–water partition coefficient (Wildman–Crippen LogP) is 4.78. The van der Waals surface area contributed by atoms with E-state index >= 15 is 0 Å². The summed E-state index contributed by atoms with van der Waals surface area (Å²) in [7, 11) is 0. The van der Waals surface area contributed by atoms with E-state index in [-0.39, 0.29) is 5.97 Å². The summed E-state index contributed by atoms with van der Waals surface area (Å²) in [6.45, 7) is 4.46. The second kappa shape index (κ2) is 10.2. The van der Waals surface area contributed by atoms with Gasteiger partial charge in [-0.25, -0.2) is 4.79 Å². The zero-order valence-corrected chi connectivity index (χ0v) is 12.7. The SMILES string of the molecule is CCCCCCCc1ccc(C=CC(=O)OCC)cc1. The first-order chi connectivity index (χ1) is 9.76. The Balaban J connectivity index is 2.34. The first-order valence-electron chi connectivity index (χ1n) is 7.70. The van der Waals surface area contributed by atoms with Gasteiger partial charge in [0.15, 0.2) is 0 Å². The molecular formula is C18H26O2. The van der Waals surface area contributed by atoms with Crippen molar-refractivity contribution in [1.29, 1.82) is 0 Å². The van der Waals surface area contributed by atoms with Crippen molar-refractivity contribution < 1.29 is 9.53 Å². The summed E-state index contributed by atoms with van der Waals surface area (Å²) in [4.78, 5) is 11.2. The third-order valence-corrected chi connectivity index (χ3v) is 3.25. The molecule has 0 spiro atoms. The Morgan fingerprint density at radius 2 is 1.75 bits per heavy atom. The quantitative estimate of drug-likeness (QED) is 0.368. The normalized spacial score (nSPS) is 10.9. The van der Waals surface area contributed by atoms with Crippen molar-refractivity contribution in [3.63, 3.8) is 0 Å². The van der Waals surface area contributed by atoms with Crippen molar-refractivity contribution >= 4 is 12.0 Å². The molecule has 1 aromatic carbocycles. The van der Waals surface area contributed by atoms with Crippen LogP contribution in [0.3, 0.4) is 0 Å². The van der Waals surface area contributed by atoms with Gasteiger partial charge in [-0.3, -0.25) is 0 Å². The van der Waals surface area contributed by atoms with Gasteiger partial charge in [-0.05, 0) is 37.0 Å². The summed E-state index contributed by atoms with van der Waals surface area (Å²) in [5, 5.41) is 0. The number of benzene rings is 1. The first-order valence-corrected chi connectivity index (χ1v) is 7.70. The van der Waals surface area contributed by atoms with E-state index in [4.69, 9.17) is 4.74 Å². The maximum atomic E-state index is 11.2. The summed E-state index contributed by atoms with van der Waals surface area (Å²) in [6, 6.07) is 8.39. The molecule has 0 aliphatic rings. The smallest absolute Gasteiger partial charge is 0.330 e. The number of aryl methyl sites for hydroxylation is 1. The molecule has 0 unspecified atom stereocenters.